The van der Waals surface area contributed by atoms with E-state index in [0.29, 0.717) is 19.4 Å². The fourth-order valence-electron chi connectivity index (χ4n) is 2.21. The van der Waals surface area contributed by atoms with Gasteiger partial charge in [-0.15, -0.1) is 12.4 Å². The summed E-state index contributed by atoms with van der Waals surface area (Å²) in [7, 11) is 0. The molecule has 120 valence electrons. The van der Waals surface area contributed by atoms with Gasteiger partial charge in [0.05, 0.1) is 4.92 Å². The van der Waals surface area contributed by atoms with Gasteiger partial charge in [0.15, 0.2) is 0 Å². The predicted molar refractivity (Wildman–Crippen MR) is 87.2 cm³/mol. The van der Waals surface area contributed by atoms with Crippen LogP contribution in [-0.2, 0) is 11.2 Å². The number of aryl methyl sites for hydroxylation is 1. The van der Waals surface area contributed by atoms with E-state index in [0.717, 1.165) is 25.1 Å². The largest absolute Gasteiger partial charge is 0.352 e. The molecule has 1 aliphatic rings. The first-order valence-corrected chi connectivity index (χ1v) is 7.04. The first-order chi connectivity index (χ1) is 10.1. The standard InChI is InChI=1S/C15H19N3O3.ClH/c19-15(17-11-13-6-8-16-9-7-13)5-4-12-2-1-3-14(10-12)18(20)21;/h1-3,6,10,16H,4-5,7-9,11H2,(H,17,19);1H. The molecule has 0 spiro atoms. The first-order valence-electron chi connectivity index (χ1n) is 7.04. The van der Waals surface area contributed by atoms with Gasteiger partial charge in [0, 0.05) is 31.6 Å². The topological polar surface area (TPSA) is 84.3 Å². The van der Waals surface area contributed by atoms with E-state index in [-0.39, 0.29) is 24.0 Å². The van der Waals surface area contributed by atoms with Crippen molar-refractivity contribution in [2.45, 2.75) is 19.3 Å². The van der Waals surface area contributed by atoms with E-state index in [1.807, 2.05) is 0 Å². The number of benzene rings is 1. The highest BCUT2D eigenvalue weighted by Crippen LogP contribution is 2.14. The number of nitro groups is 1. The molecule has 0 aromatic heterocycles. The maximum Gasteiger partial charge on any atom is 0.269 e. The second-order valence-electron chi connectivity index (χ2n) is 5.02. The van der Waals surface area contributed by atoms with Crippen LogP contribution in [0.5, 0.6) is 0 Å². The summed E-state index contributed by atoms with van der Waals surface area (Å²) in [6, 6.07) is 6.41. The van der Waals surface area contributed by atoms with Gasteiger partial charge in [-0.1, -0.05) is 23.8 Å². The van der Waals surface area contributed by atoms with Crippen molar-refractivity contribution in [2.24, 2.45) is 0 Å². The molecule has 22 heavy (non-hydrogen) atoms. The molecule has 2 N–H and O–H groups in total. The quantitative estimate of drug-likeness (QED) is 0.476. The molecule has 1 heterocycles. The molecule has 0 aliphatic carbocycles. The summed E-state index contributed by atoms with van der Waals surface area (Å²) in [6.07, 6.45) is 3.91. The van der Waals surface area contributed by atoms with E-state index in [1.165, 1.54) is 17.7 Å². The molecule has 1 amide bonds. The molecule has 6 nitrogen and oxygen atoms in total. The monoisotopic (exact) mass is 325 g/mol. The summed E-state index contributed by atoms with van der Waals surface area (Å²) in [5, 5.41) is 16.8. The Bertz CT molecular complexity index is 561. The van der Waals surface area contributed by atoms with Gasteiger partial charge in [0.1, 0.15) is 0 Å². The highest BCUT2D eigenvalue weighted by atomic mass is 35.5. The lowest BCUT2D eigenvalue weighted by Crippen LogP contribution is -2.29. The van der Waals surface area contributed by atoms with Crippen LogP contribution in [-0.4, -0.2) is 30.5 Å². The number of carbonyl (C=O) groups is 1. The number of non-ortho nitro benzene ring substituents is 1. The number of halogens is 1. The Morgan fingerprint density at radius 2 is 2.23 bits per heavy atom. The lowest BCUT2D eigenvalue weighted by atomic mass is 10.1. The van der Waals surface area contributed by atoms with E-state index in [1.54, 1.807) is 12.1 Å². The second-order valence-corrected chi connectivity index (χ2v) is 5.02. The number of rotatable bonds is 6. The van der Waals surface area contributed by atoms with Crippen LogP contribution in [0.4, 0.5) is 5.69 Å². The summed E-state index contributed by atoms with van der Waals surface area (Å²) in [5.74, 6) is -0.0269. The Hall–Kier alpha value is -1.92. The van der Waals surface area contributed by atoms with Crippen LogP contribution in [0.15, 0.2) is 35.9 Å². The lowest BCUT2D eigenvalue weighted by molar-refractivity contribution is -0.384. The summed E-state index contributed by atoms with van der Waals surface area (Å²) in [6.45, 7) is 2.41. The first kappa shape index (κ1) is 18.1. The molecule has 0 atom stereocenters. The van der Waals surface area contributed by atoms with E-state index in [2.05, 4.69) is 16.7 Å². The molecule has 1 aliphatic heterocycles. The molecule has 0 fully saturated rings. The zero-order valence-electron chi connectivity index (χ0n) is 12.2. The Labute approximate surface area is 135 Å². The number of nitro benzene ring substituents is 1. The number of hydrogen-bond donors (Lipinski definition) is 2. The van der Waals surface area contributed by atoms with Crippen LogP contribution < -0.4 is 10.6 Å². The Kier molecular flexibility index (Phi) is 7.56. The van der Waals surface area contributed by atoms with Crippen LogP contribution in [0, 0.1) is 10.1 Å². The SMILES string of the molecule is Cl.O=C(CCc1cccc([N+](=O)[O-])c1)NCC1=CCNCC1. The molecule has 1 aromatic rings. The fraction of sp³-hybridized carbons (Fsp3) is 0.400. The lowest BCUT2D eigenvalue weighted by Gasteiger charge is -2.14. The summed E-state index contributed by atoms with van der Waals surface area (Å²) in [4.78, 5) is 22.1. The minimum absolute atomic E-state index is 0. The van der Waals surface area contributed by atoms with Gasteiger partial charge >= 0.3 is 0 Å². The van der Waals surface area contributed by atoms with Crippen molar-refractivity contribution in [3.8, 4) is 0 Å². The van der Waals surface area contributed by atoms with Crippen LogP contribution in [0.2, 0.25) is 0 Å². The van der Waals surface area contributed by atoms with Crippen molar-refractivity contribution in [1.82, 2.24) is 10.6 Å². The third-order valence-corrected chi connectivity index (χ3v) is 3.43. The Morgan fingerprint density at radius 3 is 2.91 bits per heavy atom. The highest BCUT2D eigenvalue weighted by molar-refractivity contribution is 5.85. The molecule has 0 radical (unpaired) electrons. The van der Waals surface area contributed by atoms with Crippen LogP contribution in [0.3, 0.4) is 0 Å². The minimum atomic E-state index is -0.423. The van der Waals surface area contributed by atoms with Gasteiger partial charge < -0.3 is 10.6 Å². The number of nitrogens with one attached hydrogen (secondary N) is 2. The zero-order chi connectivity index (χ0) is 15.1. The molecular weight excluding hydrogens is 306 g/mol. The summed E-state index contributed by atoms with van der Waals surface area (Å²) < 4.78 is 0. The molecule has 0 unspecified atom stereocenters. The van der Waals surface area contributed by atoms with Gasteiger partial charge in [-0.05, 0) is 24.9 Å². The Morgan fingerprint density at radius 1 is 1.41 bits per heavy atom. The van der Waals surface area contributed by atoms with Crippen molar-refractivity contribution in [1.29, 1.82) is 0 Å². The highest BCUT2D eigenvalue weighted by Gasteiger charge is 2.08. The van der Waals surface area contributed by atoms with Crippen molar-refractivity contribution >= 4 is 24.0 Å². The van der Waals surface area contributed by atoms with Gasteiger partial charge in [0.25, 0.3) is 5.69 Å². The van der Waals surface area contributed by atoms with Gasteiger partial charge in [0.2, 0.25) is 5.91 Å². The number of amides is 1. The Balaban J connectivity index is 0.00000242. The minimum Gasteiger partial charge on any atom is -0.352 e. The summed E-state index contributed by atoms with van der Waals surface area (Å²) >= 11 is 0. The van der Waals surface area contributed by atoms with Crippen molar-refractivity contribution in [3.05, 3.63) is 51.6 Å². The summed E-state index contributed by atoms with van der Waals surface area (Å²) in [5.41, 5.74) is 2.12. The van der Waals surface area contributed by atoms with Crippen LogP contribution in [0.1, 0.15) is 18.4 Å². The third kappa shape index (κ3) is 5.83. The van der Waals surface area contributed by atoms with Crippen molar-refractivity contribution in [3.63, 3.8) is 0 Å². The van der Waals surface area contributed by atoms with Crippen LogP contribution >= 0.6 is 12.4 Å². The zero-order valence-corrected chi connectivity index (χ0v) is 13.0. The average Bonchev–Trinajstić information content (AvgIpc) is 2.52. The molecule has 0 saturated carbocycles. The van der Waals surface area contributed by atoms with Gasteiger partial charge in [-0.25, -0.2) is 0 Å². The second kappa shape index (κ2) is 9.17. The van der Waals surface area contributed by atoms with E-state index >= 15 is 0 Å². The number of carbonyl (C=O) groups excluding carboxylic acids is 1. The average molecular weight is 326 g/mol. The number of hydrogen-bond acceptors (Lipinski definition) is 4. The van der Waals surface area contributed by atoms with Gasteiger partial charge in [-0.3, -0.25) is 14.9 Å². The van der Waals surface area contributed by atoms with Crippen molar-refractivity contribution in [2.75, 3.05) is 19.6 Å². The van der Waals surface area contributed by atoms with E-state index < -0.39 is 4.92 Å². The van der Waals surface area contributed by atoms with Gasteiger partial charge in [-0.2, -0.15) is 0 Å². The fourth-order valence-corrected chi connectivity index (χ4v) is 2.21. The van der Waals surface area contributed by atoms with E-state index in [4.69, 9.17) is 0 Å². The third-order valence-electron chi connectivity index (χ3n) is 3.43. The maximum atomic E-state index is 11.8. The molecular formula is C15H20ClN3O3. The molecule has 2 rings (SSSR count). The number of nitrogens with zero attached hydrogens (tertiary/aromatic N) is 1. The maximum absolute atomic E-state index is 11.8. The molecule has 1 aromatic carbocycles. The predicted octanol–water partition coefficient (Wildman–Crippen LogP) is 1.99. The molecule has 7 heteroatoms. The molecule has 0 bridgehead atoms. The van der Waals surface area contributed by atoms with Crippen molar-refractivity contribution < 1.29 is 9.72 Å². The van der Waals surface area contributed by atoms with E-state index in [9.17, 15) is 14.9 Å². The smallest absolute Gasteiger partial charge is 0.269 e. The van der Waals surface area contributed by atoms with Crippen LogP contribution in [0.25, 0.3) is 0 Å². The normalized spacial score (nSPS) is 13.7. The molecule has 0 saturated heterocycles.